The minimum atomic E-state index is -0.0650. The number of ether oxygens (including phenoxy) is 1. The van der Waals surface area contributed by atoms with Gasteiger partial charge < -0.3 is 15.2 Å². The molecule has 0 aromatic heterocycles. The van der Waals surface area contributed by atoms with E-state index >= 15 is 0 Å². The van der Waals surface area contributed by atoms with E-state index in [4.69, 9.17) is 4.74 Å². The molecule has 0 aliphatic carbocycles. The second kappa shape index (κ2) is 6.29. The first-order valence-corrected chi connectivity index (χ1v) is 7.43. The maximum atomic E-state index is 9.75. The standard InChI is InChI=1S/C18H21NO2/c1-13-12-21-17-10-6-5-9-15(17)18(13)19-16(11-20)14-7-3-2-4-8-14/h2-10,13,16,18-20H,11-12H2,1H3/t13?,16-,18?/m1/s1. The maximum Gasteiger partial charge on any atom is 0.124 e. The van der Waals surface area contributed by atoms with Crippen LogP contribution in [0.3, 0.4) is 0 Å². The van der Waals surface area contributed by atoms with E-state index in [2.05, 4.69) is 18.3 Å². The molecular weight excluding hydrogens is 262 g/mol. The van der Waals surface area contributed by atoms with Crippen LogP contribution in [0.15, 0.2) is 54.6 Å². The van der Waals surface area contributed by atoms with E-state index in [0.717, 1.165) is 11.3 Å². The van der Waals surface area contributed by atoms with Gasteiger partial charge in [0.1, 0.15) is 5.75 Å². The molecule has 1 heterocycles. The second-order valence-electron chi connectivity index (χ2n) is 5.62. The Hall–Kier alpha value is -1.84. The molecule has 1 aliphatic rings. The van der Waals surface area contributed by atoms with Crippen molar-refractivity contribution in [1.29, 1.82) is 0 Å². The molecular formula is C18H21NO2. The molecule has 0 bridgehead atoms. The highest BCUT2D eigenvalue weighted by Gasteiger charge is 2.29. The van der Waals surface area contributed by atoms with Crippen LogP contribution in [0.25, 0.3) is 0 Å². The summed E-state index contributed by atoms with van der Waals surface area (Å²) >= 11 is 0. The molecule has 2 N–H and O–H groups in total. The van der Waals surface area contributed by atoms with Crippen LogP contribution in [0, 0.1) is 5.92 Å². The number of rotatable bonds is 4. The number of aliphatic hydroxyl groups excluding tert-OH is 1. The summed E-state index contributed by atoms with van der Waals surface area (Å²) in [6.45, 7) is 2.95. The first-order chi connectivity index (χ1) is 10.3. The molecule has 110 valence electrons. The van der Waals surface area contributed by atoms with Crippen molar-refractivity contribution in [1.82, 2.24) is 5.32 Å². The van der Waals surface area contributed by atoms with Gasteiger partial charge in [-0.3, -0.25) is 0 Å². The largest absolute Gasteiger partial charge is 0.493 e. The number of nitrogens with one attached hydrogen (secondary N) is 1. The Labute approximate surface area is 125 Å². The van der Waals surface area contributed by atoms with Gasteiger partial charge in [0.25, 0.3) is 0 Å². The van der Waals surface area contributed by atoms with Crippen molar-refractivity contribution >= 4 is 0 Å². The molecule has 0 fully saturated rings. The fraction of sp³-hybridized carbons (Fsp3) is 0.333. The van der Waals surface area contributed by atoms with Gasteiger partial charge in [-0.05, 0) is 11.6 Å². The lowest BCUT2D eigenvalue weighted by atomic mass is 9.90. The zero-order valence-corrected chi connectivity index (χ0v) is 12.2. The summed E-state index contributed by atoms with van der Waals surface area (Å²) in [5.41, 5.74) is 2.28. The highest BCUT2D eigenvalue weighted by molar-refractivity contribution is 5.38. The van der Waals surface area contributed by atoms with Gasteiger partial charge in [0.15, 0.2) is 0 Å². The normalized spacial score (nSPS) is 22.2. The molecule has 2 unspecified atom stereocenters. The number of para-hydroxylation sites is 1. The van der Waals surface area contributed by atoms with Crippen molar-refractivity contribution in [3.63, 3.8) is 0 Å². The Morgan fingerprint density at radius 1 is 1.14 bits per heavy atom. The van der Waals surface area contributed by atoms with Crippen LogP contribution in [-0.4, -0.2) is 18.3 Å². The van der Waals surface area contributed by atoms with Gasteiger partial charge in [0.2, 0.25) is 0 Å². The number of benzene rings is 2. The Balaban J connectivity index is 1.86. The zero-order chi connectivity index (χ0) is 14.7. The van der Waals surface area contributed by atoms with E-state index in [0.29, 0.717) is 12.5 Å². The van der Waals surface area contributed by atoms with Gasteiger partial charge >= 0.3 is 0 Å². The lowest BCUT2D eigenvalue weighted by Crippen LogP contribution is -2.37. The van der Waals surface area contributed by atoms with Crippen molar-refractivity contribution in [2.75, 3.05) is 13.2 Å². The average Bonchev–Trinajstić information content (AvgIpc) is 2.55. The van der Waals surface area contributed by atoms with Crippen LogP contribution in [0.1, 0.15) is 30.1 Å². The third kappa shape index (κ3) is 2.94. The molecule has 3 heteroatoms. The maximum absolute atomic E-state index is 9.75. The Morgan fingerprint density at radius 3 is 2.62 bits per heavy atom. The second-order valence-corrected chi connectivity index (χ2v) is 5.62. The van der Waals surface area contributed by atoms with E-state index in [1.54, 1.807) is 0 Å². The molecule has 0 spiro atoms. The number of hydrogen-bond acceptors (Lipinski definition) is 3. The fourth-order valence-electron chi connectivity index (χ4n) is 2.90. The zero-order valence-electron chi connectivity index (χ0n) is 12.2. The first-order valence-electron chi connectivity index (χ1n) is 7.43. The molecule has 0 saturated carbocycles. The van der Waals surface area contributed by atoms with Crippen molar-refractivity contribution in [2.24, 2.45) is 5.92 Å². The fourth-order valence-corrected chi connectivity index (χ4v) is 2.90. The van der Waals surface area contributed by atoms with E-state index in [1.165, 1.54) is 5.56 Å². The minimum Gasteiger partial charge on any atom is -0.493 e. The van der Waals surface area contributed by atoms with Gasteiger partial charge in [-0.1, -0.05) is 55.5 Å². The molecule has 0 saturated heterocycles. The quantitative estimate of drug-likeness (QED) is 0.906. The van der Waals surface area contributed by atoms with E-state index < -0.39 is 0 Å². The minimum absolute atomic E-state index is 0.0650. The van der Waals surface area contributed by atoms with Gasteiger partial charge in [0.05, 0.1) is 19.3 Å². The summed E-state index contributed by atoms with van der Waals surface area (Å²) in [5.74, 6) is 1.30. The van der Waals surface area contributed by atoms with Crippen LogP contribution < -0.4 is 10.1 Å². The molecule has 2 aromatic carbocycles. The van der Waals surface area contributed by atoms with Crippen LogP contribution in [0.5, 0.6) is 5.75 Å². The van der Waals surface area contributed by atoms with Crippen LogP contribution in [-0.2, 0) is 0 Å². The smallest absolute Gasteiger partial charge is 0.124 e. The van der Waals surface area contributed by atoms with Crippen LogP contribution in [0.2, 0.25) is 0 Å². The van der Waals surface area contributed by atoms with Crippen molar-refractivity contribution < 1.29 is 9.84 Å². The van der Waals surface area contributed by atoms with Crippen LogP contribution in [0.4, 0.5) is 0 Å². The third-order valence-electron chi connectivity index (χ3n) is 4.09. The number of aliphatic hydroxyl groups is 1. The molecule has 3 rings (SSSR count). The van der Waals surface area contributed by atoms with Crippen molar-refractivity contribution in [2.45, 2.75) is 19.0 Å². The Morgan fingerprint density at radius 2 is 1.86 bits per heavy atom. The lowest BCUT2D eigenvalue weighted by Gasteiger charge is -2.34. The molecule has 21 heavy (non-hydrogen) atoms. The third-order valence-corrected chi connectivity index (χ3v) is 4.09. The van der Waals surface area contributed by atoms with E-state index in [-0.39, 0.29) is 18.7 Å². The summed E-state index contributed by atoms with van der Waals surface area (Å²) < 4.78 is 5.78. The molecule has 2 aromatic rings. The first kappa shape index (κ1) is 14.1. The van der Waals surface area contributed by atoms with Crippen molar-refractivity contribution in [3.05, 3.63) is 65.7 Å². The van der Waals surface area contributed by atoms with Gasteiger partial charge in [0, 0.05) is 17.5 Å². The SMILES string of the molecule is CC1COc2ccccc2C1N[C@H](CO)c1ccccc1. The van der Waals surface area contributed by atoms with E-state index in [9.17, 15) is 5.11 Å². The number of fused-ring (bicyclic) bond motifs is 1. The summed E-state index contributed by atoms with van der Waals surface area (Å²) in [6, 6.07) is 18.3. The topological polar surface area (TPSA) is 41.5 Å². The predicted molar refractivity (Wildman–Crippen MR) is 83.2 cm³/mol. The average molecular weight is 283 g/mol. The lowest BCUT2D eigenvalue weighted by molar-refractivity contribution is 0.161. The van der Waals surface area contributed by atoms with Gasteiger partial charge in [-0.15, -0.1) is 0 Å². The highest BCUT2D eigenvalue weighted by Crippen LogP contribution is 2.36. The Kier molecular flexibility index (Phi) is 4.23. The van der Waals surface area contributed by atoms with Crippen molar-refractivity contribution in [3.8, 4) is 5.75 Å². The summed E-state index contributed by atoms with van der Waals surface area (Å²) in [7, 11) is 0. The molecule has 1 aliphatic heterocycles. The molecule has 0 amide bonds. The summed E-state index contributed by atoms with van der Waals surface area (Å²) in [5, 5.41) is 13.3. The van der Waals surface area contributed by atoms with Gasteiger partial charge in [-0.2, -0.15) is 0 Å². The Bertz CT molecular complexity index is 585. The predicted octanol–water partition coefficient (Wildman–Crippen LogP) is 3.08. The van der Waals surface area contributed by atoms with Gasteiger partial charge in [-0.25, -0.2) is 0 Å². The molecule has 3 atom stereocenters. The summed E-state index contributed by atoms with van der Waals surface area (Å²) in [4.78, 5) is 0. The molecule has 0 radical (unpaired) electrons. The highest BCUT2D eigenvalue weighted by atomic mass is 16.5. The monoisotopic (exact) mass is 283 g/mol. The number of hydrogen-bond donors (Lipinski definition) is 2. The van der Waals surface area contributed by atoms with E-state index in [1.807, 2.05) is 48.5 Å². The molecule has 3 nitrogen and oxygen atoms in total. The summed E-state index contributed by atoms with van der Waals surface area (Å²) in [6.07, 6.45) is 0. The van der Waals surface area contributed by atoms with Crippen LogP contribution >= 0.6 is 0 Å².